The number of fused-ring (bicyclic) bond motifs is 9. The SMILES string of the molecule is CC(C)(C)c1ccc2c(c1)C(C)(C)c1cccc(-c3ccccc3N(c3ccc4c(c3)C(C)(c3ccccc3)c3ccccc3-4)c3ccc4c(c3)C(C)(c3ccccc3)c3ccccc3-4)c1-2. The van der Waals surface area contributed by atoms with Crippen molar-refractivity contribution in [3.8, 4) is 44.5 Å². The van der Waals surface area contributed by atoms with E-state index < -0.39 is 0 Å². The molecule has 2 unspecified atom stereocenters. The van der Waals surface area contributed by atoms with Gasteiger partial charge < -0.3 is 4.90 Å². The molecular formula is C65H55N. The van der Waals surface area contributed by atoms with Crippen molar-refractivity contribution < 1.29 is 0 Å². The average Bonchev–Trinajstić information content (AvgIpc) is 3.87. The molecule has 0 heterocycles. The van der Waals surface area contributed by atoms with Gasteiger partial charge in [0.25, 0.3) is 0 Å². The van der Waals surface area contributed by atoms with Crippen LogP contribution in [0.15, 0.2) is 206 Å². The van der Waals surface area contributed by atoms with Crippen molar-refractivity contribution in [1.29, 1.82) is 0 Å². The van der Waals surface area contributed by atoms with Crippen LogP contribution in [-0.4, -0.2) is 0 Å². The number of para-hydroxylation sites is 1. The van der Waals surface area contributed by atoms with Gasteiger partial charge in [-0.2, -0.15) is 0 Å². The largest absolute Gasteiger partial charge is 0.310 e. The highest BCUT2D eigenvalue weighted by molar-refractivity contribution is 5.99. The van der Waals surface area contributed by atoms with Crippen molar-refractivity contribution in [3.63, 3.8) is 0 Å². The summed E-state index contributed by atoms with van der Waals surface area (Å²) in [6.45, 7) is 16.6. The van der Waals surface area contributed by atoms with Crippen LogP contribution in [0.2, 0.25) is 0 Å². The summed E-state index contributed by atoms with van der Waals surface area (Å²) >= 11 is 0. The maximum Gasteiger partial charge on any atom is 0.0540 e. The van der Waals surface area contributed by atoms with Crippen LogP contribution in [0, 0.1) is 0 Å². The second-order valence-electron chi connectivity index (χ2n) is 20.7. The van der Waals surface area contributed by atoms with Gasteiger partial charge in [0, 0.05) is 33.2 Å². The molecule has 1 nitrogen and oxygen atoms in total. The Morgan fingerprint density at radius 3 is 1.32 bits per heavy atom. The quantitative estimate of drug-likeness (QED) is 0.161. The number of nitrogens with zero attached hydrogens (tertiary/aromatic N) is 1. The lowest BCUT2D eigenvalue weighted by molar-refractivity contribution is 0.584. The smallest absolute Gasteiger partial charge is 0.0540 e. The molecule has 0 bridgehead atoms. The molecule has 0 N–H and O–H groups in total. The molecule has 2 atom stereocenters. The van der Waals surface area contributed by atoms with Crippen LogP contribution in [0.3, 0.4) is 0 Å². The third-order valence-electron chi connectivity index (χ3n) is 15.8. The Hall–Kier alpha value is -7.22. The first-order valence-electron chi connectivity index (χ1n) is 23.7. The van der Waals surface area contributed by atoms with Crippen molar-refractivity contribution >= 4 is 17.1 Å². The number of benzene rings is 9. The number of anilines is 3. The topological polar surface area (TPSA) is 3.24 Å². The molecule has 3 aliphatic carbocycles. The van der Waals surface area contributed by atoms with E-state index in [9.17, 15) is 0 Å². The fourth-order valence-electron chi connectivity index (χ4n) is 12.2. The Bertz CT molecular complexity index is 3260. The Morgan fingerprint density at radius 1 is 0.333 bits per heavy atom. The summed E-state index contributed by atoms with van der Waals surface area (Å²) in [4.78, 5) is 2.56. The van der Waals surface area contributed by atoms with Crippen LogP contribution in [0.5, 0.6) is 0 Å². The minimum atomic E-state index is -0.346. The van der Waals surface area contributed by atoms with E-state index in [2.05, 4.69) is 260 Å². The predicted octanol–water partition coefficient (Wildman–Crippen LogP) is 17.1. The third-order valence-corrected chi connectivity index (χ3v) is 15.8. The Labute approximate surface area is 391 Å². The van der Waals surface area contributed by atoms with Gasteiger partial charge in [0.2, 0.25) is 0 Å². The number of rotatable bonds is 6. The molecule has 12 rings (SSSR count). The zero-order chi connectivity index (χ0) is 45.2. The lowest BCUT2D eigenvalue weighted by atomic mass is 9.74. The third kappa shape index (κ3) is 5.65. The van der Waals surface area contributed by atoms with Crippen LogP contribution < -0.4 is 4.90 Å². The highest BCUT2D eigenvalue weighted by Crippen LogP contribution is 2.58. The first-order chi connectivity index (χ1) is 31.9. The maximum atomic E-state index is 2.56. The van der Waals surface area contributed by atoms with Gasteiger partial charge in [-0.15, -0.1) is 0 Å². The average molecular weight is 850 g/mol. The predicted molar refractivity (Wildman–Crippen MR) is 278 cm³/mol. The highest BCUT2D eigenvalue weighted by Gasteiger charge is 2.44. The van der Waals surface area contributed by atoms with E-state index in [1.807, 2.05) is 0 Å². The lowest BCUT2D eigenvalue weighted by Crippen LogP contribution is -2.23. The first-order valence-corrected chi connectivity index (χ1v) is 23.7. The Kier molecular flexibility index (Phi) is 8.79. The number of hydrogen-bond acceptors (Lipinski definition) is 1. The van der Waals surface area contributed by atoms with Crippen LogP contribution >= 0.6 is 0 Å². The van der Waals surface area contributed by atoms with Crippen LogP contribution in [0.1, 0.15) is 98.5 Å². The van der Waals surface area contributed by atoms with Gasteiger partial charge in [-0.05, 0) is 139 Å². The second kappa shape index (κ2) is 14.4. The van der Waals surface area contributed by atoms with Crippen LogP contribution in [0.4, 0.5) is 17.1 Å². The van der Waals surface area contributed by atoms with Gasteiger partial charge in [-0.25, -0.2) is 0 Å². The van der Waals surface area contributed by atoms with Gasteiger partial charge in [0.1, 0.15) is 0 Å². The summed E-state index contributed by atoms with van der Waals surface area (Å²) < 4.78 is 0. The normalized spacial score (nSPS) is 18.2. The molecule has 0 radical (unpaired) electrons. The zero-order valence-electron chi connectivity index (χ0n) is 39.1. The van der Waals surface area contributed by atoms with E-state index in [1.54, 1.807) is 0 Å². The number of hydrogen-bond donors (Lipinski definition) is 0. The molecule has 3 aliphatic rings. The van der Waals surface area contributed by atoms with Crippen molar-refractivity contribution in [2.75, 3.05) is 4.90 Å². The fraction of sp³-hybridized carbons (Fsp3) is 0.169. The molecule has 0 aliphatic heterocycles. The summed E-state index contributed by atoms with van der Waals surface area (Å²) in [6.07, 6.45) is 0. The highest BCUT2D eigenvalue weighted by atomic mass is 15.1. The molecule has 320 valence electrons. The van der Waals surface area contributed by atoms with Gasteiger partial charge in [0.15, 0.2) is 0 Å². The Morgan fingerprint density at radius 2 is 0.773 bits per heavy atom. The van der Waals surface area contributed by atoms with Crippen molar-refractivity contribution in [2.45, 2.75) is 70.1 Å². The molecular weight excluding hydrogens is 795 g/mol. The van der Waals surface area contributed by atoms with E-state index in [-0.39, 0.29) is 21.7 Å². The van der Waals surface area contributed by atoms with Crippen molar-refractivity contribution in [2.24, 2.45) is 0 Å². The molecule has 9 aromatic carbocycles. The molecule has 1 heteroatoms. The van der Waals surface area contributed by atoms with E-state index in [4.69, 9.17) is 0 Å². The molecule has 0 fully saturated rings. The van der Waals surface area contributed by atoms with Crippen molar-refractivity contribution in [1.82, 2.24) is 0 Å². The molecule has 0 saturated heterocycles. The monoisotopic (exact) mass is 849 g/mol. The maximum absolute atomic E-state index is 2.56. The van der Waals surface area contributed by atoms with E-state index >= 15 is 0 Å². The summed E-state index contributed by atoms with van der Waals surface area (Å²) in [6, 6.07) is 78.1. The Balaban J connectivity index is 1.12. The molecule has 0 aromatic heterocycles. The van der Waals surface area contributed by atoms with Gasteiger partial charge in [-0.3, -0.25) is 0 Å². The molecule has 9 aromatic rings. The zero-order valence-corrected chi connectivity index (χ0v) is 39.1. The minimum Gasteiger partial charge on any atom is -0.310 e. The summed E-state index contributed by atoms with van der Waals surface area (Å²) in [5, 5.41) is 0. The summed E-state index contributed by atoms with van der Waals surface area (Å²) in [5.41, 5.74) is 25.1. The van der Waals surface area contributed by atoms with E-state index in [1.165, 1.54) is 94.6 Å². The van der Waals surface area contributed by atoms with Gasteiger partial charge in [0.05, 0.1) is 5.69 Å². The molecule has 0 saturated carbocycles. The molecule has 0 spiro atoms. The van der Waals surface area contributed by atoms with Crippen LogP contribution in [-0.2, 0) is 21.7 Å². The first kappa shape index (κ1) is 40.3. The molecule has 66 heavy (non-hydrogen) atoms. The lowest BCUT2D eigenvalue weighted by Gasteiger charge is -2.33. The molecule has 0 amide bonds. The minimum absolute atomic E-state index is 0.0530. The standard InChI is InChI=1S/C65H55N/c1-62(2,3)44-33-36-53-57(39-44)63(4,5)56-31-20-28-52(61(53)56)51-27-16-19-32-60(51)66(45-34-37-49-47-25-14-17-29-54(47)64(6,58(49)40-45)42-21-10-8-11-22-42)46-35-38-50-48-26-15-18-30-55(48)65(7,59(50)41-46)43-23-12-9-13-24-43/h8-41H,1-7H3. The van der Waals surface area contributed by atoms with Gasteiger partial charge in [-0.1, -0.05) is 211 Å². The van der Waals surface area contributed by atoms with Gasteiger partial charge >= 0.3 is 0 Å². The summed E-state index contributed by atoms with van der Waals surface area (Å²) in [5.74, 6) is 0. The fourth-order valence-corrected chi connectivity index (χ4v) is 12.2. The van der Waals surface area contributed by atoms with E-state index in [0.717, 1.165) is 17.1 Å². The van der Waals surface area contributed by atoms with Crippen molar-refractivity contribution in [3.05, 3.63) is 256 Å². The van der Waals surface area contributed by atoms with Crippen LogP contribution in [0.25, 0.3) is 44.5 Å². The summed E-state index contributed by atoms with van der Waals surface area (Å²) in [7, 11) is 0. The second-order valence-corrected chi connectivity index (χ2v) is 20.7. The van der Waals surface area contributed by atoms with E-state index in [0.29, 0.717) is 0 Å².